The van der Waals surface area contributed by atoms with Crippen molar-refractivity contribution >= 4 is 43.5 Å². The summed E-state index contributed by atoms with van der Waals surface area (Å²) in [4.78, 5) is 27.7. The van der Waals surface area contributed by atoms with Crippen molar-refractivity contribution in [3.05, 3.63) is 58.6 Å². The summed E-state index contributed by atoms with van der Waals surface area (Å²) in [5, 5.41) is 2.90. The van der Waals surface area contributed by atoms with Crippen LogP contribution in [0.2, 0.25) is 0 Å². The Labute approximate surface area is 210 Å². The minimum absolute atomic E-state index is 0.0496. The molecule has 0 spiro atoms. The van der Waals surface area contributed by atoms with Gasteiger partial charge in [-0.25, -0.2) is 8.42 Å². The molecule has 2 aromatic rings. The van der Waals surface area contributed by atoms with Crippen LogP contribution in [0.15, 0.2) is 53.0 Å². The number of benzene rings is 2. The molecule has 186 valence electrons. The van der Waals surface area contributed by atoms with E-state index in [0.717, 1.165) is 27.0 Å². The lowest BCUT2D eigenvalue weighted by atomic mass is 10.1. The van der Waals surface area contributed by atoms with Gasteiger partial charge in [0.25, 0.3) is 0 Å². The lowest BCUT2D eigenvalue weighted by molar-refractivity contribution is -0.139. The van der Waals surface area contributed by atoms with Gasteiger partial charge in [0, 0.05) is 17.1 Å². The Morgan fingerprint density at radius 3 is 2.15 bits per heavy atom. The second-order valence-electron chi connectivity index (χ2n) is 8.11. The van der Waals surface area contributed by atoms with E-state index in [1.165, 1.54) is 12.0 Å². The van der Waals surface area contributed by atoms with Gasteiger partial charge in [-0.05, 0) is 62.2 Å². The third-order valence-electron chi connectivity index (χ3n) is 5.47. The Balaban J connectivity index is 2.36. The summed E-state index contributed by atoms with van der Waals surface area (Å²) in [6, 6.07) is 12.9. The zero-order chi connectivity index (χ0) is 25.5. The number of carbonyl (C=O) groups is 2. The summed E-state index contributed by atoms with van der Waals surface area (Å²) in [5.74, 6) is -0.221. The smallest absolute Gasteiger partial charge is 0.244 e. The first-order chi connectivity index (χ1) is 16.0. The number of methoxy groups -OCH3 is 1. The summed E-state index contributed by atoms with van der Waals surface area (Å²) >= 11 is 3.39. The highest BCUT2D eigenvalue weighted by Crippen LogP contribution is 2.22. The van der Waals surface area contributed by atoms with Gasteiger partial charge in [-0.15, -0.1) is 0 Å². The predicted octanol–water partition coefficient (Wildman–Crippen LogP) is 3.56. The van der Waals surface area contributed by atoms with E-state index in [9.17, 15) is 18.0 Å². The fraction of sp³-hybridized carbons (Fsp3) is 0.417. The normalized spacial score (nSPS) is 13.0. The van der Waals surface area contributed by atoms with Crippen LogP contribution >= 0.6 is 15.9 Å². The molecule has 0 saturated carbocycles. The van der Waals surface area contributed by atoms with Crippen molar-refractivity contribution < 1.29 is 22.7 Å². The molecule has 0 radical (unpaired) electrons. The lowest BCUT2D eigenvalue weighted by Crippen LogP contribution is -2.52. The highest BCUT2D eigenvalue weighted by atomic mass is 79.9. The molecular weight excluding hydrogens is 522 g/mol. The molecular formula is C24H32BrN3O5S. The third kappa shape index (κ3) is 7.73. The topological polar surface area (TPSA) is 96.0 Å². The van der Waals surface area contributed by atoms with Gasteiger partial charge in [0.1, 0.15) is 18.3 Å². The van der Waals surface area contributed by atoms with Crippen LogP contribution in [0.3, 0.4) is 0 Å². The van der Waals surface area contributed by atoms with E-state index in [1.807, 2.05) is 38.1 Å². The molecule has 0 fully saturated rings. The lowest BCUT2D eigenvalue weighted by Gasteiger charge is -2.32. The number of carbonyl (C=O) groups excluding carboxylic acids is 2. The van der Waals surface area contributed by atoms with Crippen LogP contribution in [-0.4, -0.2) is 57.1 Å². The van der Waals surface area contributed by atoms with Gasteiger partial charge in [0.05, 0.1) is 19.1 Å². The molecule has 2 atom stereocenters. The SMILES string of the molecule is CC[C@H](C)NC(=O)[C@H](C)N(Cc1ccc(Br)cc1)C(=O)CN(c1ccc(OC)cc1)S(C)(=O)=O. The molecule has 8 nitrogen and oxygen atoms in total. The first-order valence-corrected chi connectivity index (χ1v) is 13.6. The van der Waals surface area contributed by atoms with Gasteiger partial charge in [-0.1, -0.05) is 35.0 Å². The van der Waals surface area contributed by atoms with Crippen molar-refractivity contribution in [1.29, 1.82) is 0 Å². The number of anilines is 1. The van der Waals surface area contributed by atoms with Crippen LogP contribution in [-0.2, 0) is 26.2 Å². The molecule has 34 heavy (non-hydrogen) atoms. The van der Waals surface area contributed by atoms with Gasteiger partial charge >= 0.3 is 0 Å². The van der Waals surface area contributed by atoms with E-state index in [4.69, 9.17) is 4.74 Å². The summed E-state index contributed by atoms with van der Waals surface area (Å²) < 4.78 is 32.2. The Bertz CT molecular complexity index is 1070. The molecule has 0 aliphatic rings. The minimum Gasteiger partial charge on any atom is -0.497 e. The Morgan fingerprint density at radius 1 is 1.06 bits per heavy atom. The van der Waals surface area contributed by atoms with Crippen molar-refractivity contribution in [2.75, 3.05) is 24.2 Å². The quantitative estimate of drug-likeness (QED) is 0.459. The third-order valence-corrected chi connectivity index (χ3v) is 7.14. The van der Waals surface area contributed by atoms with Gasteiger partial charge in [-0.3, -0.25) is 13.9 Å². The molecule has 0 unspecified atom stereocenters. The largest absolute Gasteiger partial charge is 0.497 e. The zero-order valence-corrected chi connectivity index (χ0v) is 22.5. The molecule has 2 amide bonds. The second kappa shape index (κ2) is 12.2. The highest BCUT2D eigenvalue weighted by Gasteiger charge is 2.30. The summed E-state index contributed by atoms with van der Waals surface area (Å²) in [7, 11) is -2.26. The molecule has 0 aromatic heterocycles. The summed E-state index contributed by atoms with van der Waals surface area (Å²) in [6.07, 6.45) is 1.79. The number of halogens is 1. The van der Waals surface area contributed by atoms with Crippen LogP contribution in [0.5, 0.6) is 5.75 Å². The monoisotopic (exact) mass is 553 g/mol. The zero-order valence-electron chi connectivity index (χ0n) is 20.1. The second-order valence-corrected chi connectivity index (χ2v) is 10.9. The van der Waals surface area contributed by atoms with E-state index >= 15 is 0 Å². The minimum atomic E-state index is -3.78. The molecule has 0 bridgehead atoms. The Morgan fingerprint density at radius 2 is 1.65 bits per heavy atom. The Kier molecular flexibility index (Phi) is 9.93. The van der Waals surface area contributed by atoms with Gasteiger partial charge in [-0.2, -0.15) is 0 Å². The number of ether oxygens (including phenoxy) is 1. The van der Waals surface area contributed by atoms with Crippen LogP contribution in [0.25, 0.3) is 0 Å². The molecule has 10 heteroatoms. The standard InChI is InChI=1S/C24H32BrN3O5S/c1-6-17(2)26-24(30)18(3)27(15-19-7-9-20(25)10-8-19)23(29)16-28(34(5,31)32)21-11-13-22(33-4)14-12-21/h7-14,17-18H,6,15-16H2,1-5H3,(H,26,30)/t17-,18-/m0/s1. The number of sulfonamides is 1. The first-order valence-electron chi connectivity index (χ1n) is 10.9. The van der Waals surface area contributed by atoms with Gasteiger partial charge in [0.15, 0.2) is 0 Å². The van der Waals surface area contributed by atoms with Crippen LogP contribution < -0.4 is 14.4 Å². The molecule has 2 rings (SSSR count). The maximum absolute atomic E-state index is 13.5. The number of hydrogen-bond acceptors (Lipinski definition) is 5. The van der Waals surface area contributed by atoms with Crippen LogP contribution in [0.4, 0.5) is 5.69 Å². The summed E-state index contributed by atoms with van der Waals surface area (Å²) in [6.45, 7) is 5.20. The number of nitrogens with zero attached hydrogens (tertiary/aromatic N) is 2. The van der Waals surface area contributed by atoms with Gasteiger partial charge < -0.3 is 15.0 Å². The van der Waals surface area contributed by atoms with Crippen LogP contribution in [0, 0.1) is 0 Å². The van der Waals surface area contributed by atoms with Crippen LogP contribution in [0.1, 0.15) is 32.8 Å². The average molecular weight is 555 g/mol. The summed E-state index contributed by atoms with van der Waals surface area (Å²) in [5.41, 5.74) is 1.15. The van der Waals surface area contributed by atoms with Crippen molar-refractivity contribution in [3.63, 3.8) is 0 Å². The fourth-order valence-corrected chi connectivity index (χ4v) is 4.31. The van der Waals surface area contributed by atoms with E-state index in [2.05, 4.69) is 21.2 Å². The Hall–Kier alpha value is -2.59. The van der Waals surface area contributed by atoms with Crippen molar-refractivity contribution in [2.45, 2.75) is 45.8 Å². The maximum Gasteiger partial charge on any atom is 0.244 e. The number of amides is 2. The van der Waals surface area contributed by atoms with E-state index < -0.39 is 28.5 Å². The highest BCUT2D eigenvalue weighted by molar-refractivity contribution is 9.10. The fourth-order valence-electron chi connectivity index (χ4n) is 3.20. The molecule has 0 aliphatic carbocycles. The molecule has 0 saturated heterocycles. The van der Waals surface area contributed by atoms with Crippen molar-refractivity contribution in [1.82, 2.24) is 10.2 Å². The molecule has 2 aromatic carbocycles. The maximum atomic E-state index is 13.5. The number of hydrogen-bond donors (Lipinski definition) is 1. The molecule has 0 aliphatic heterocycles. The van der Waals surface area contributed by atoms with E-state index in [1.54, 1.807) is 31.2 Å². The van der Waals surface area contributed by atoms with Crippen molar-refractivity contribution in [2.24, 2.45) is 0 Å². The average Bonchev–Trinajstić information content (AvgIpc) is 2.80. The predicted molar refractivity (Wildman–Crippen MR) is 137 cm³/mol. The number of rotatable bonds is 11. The molecule has 1 N–H and O–H groups in total. The van der Waals surface area contributed by atoms with E-state index in [-0.39, 0.29) is 18.5 Å². The van der Waals surface area contributed by atoms with Crippen molar-refractivity contribution in [3.8, 4) is 5.75 Å². The number of nitrogens with one attached hydrogen (secondary N) is 1. The molecule has 0 heterocycles. The first kappa shape index (κ1) is 27.7. The van der Waals surface area contributed by atoms with Gasteiger partial charge in [0.2, 0.25) is 21.8 Å². The van der Waals surface area contributed by atoms with E-state index in [0.29, 0.717) is 11.4 Å².